The molecule has 120 valence electrons. The van der Waals surface area contributed by atoms with Gasteiger partial charge >= 0.3 is 0 Å². The Labute approximate surface area is 136 Å². The van der Waals surface area contributed by atoms with E-state index in [0.717, 1.165) is 35.9 Å². The maximum Gasteiger partial charge on any atom is 0.214 e. The molecule has 0 aliphatic carbocycles. The molecule has 1 atom stereocenters. The number of thioether (sulfide) groups is 1. The molecule has 1 aromatic heterocycles. The fraction of sp³-hybridized carbons (Fsp3) is 0.562. The first-order valence-electron chi connectivity index (χ1n) is 7.81. The van der Waals surface area contributed by atoms with E-state index in [0.29, 0.717) is 0 Å². The molecule has 6 heteroatoms. The summed E-state index contributed by atoms with van der Waals surface area (Å²) in [5.74, 6) is 0.798. The van der Waals surface area contributed by atoms with Crippen LogP contribution < -0.4 is 0 Å². The lowest BCUT2D eigenvalue weighted by atomic mass is 9.96. The number of tetrazole rings is 1. The minimum Gasteiger partial charge on any atom is -0.390 e. The zero-order valence-electron chi connectivity index (χ0n) is 13.3. The smallest absolute Gasteiger partial charge is 0.214 e. The second-order valence-corrected chi connectivity index (χ2v) is 6.82. The van der Waals surface area contributed by atoms with Crippen LogP contribution in [0.25, 0.3) is 5.69 Å². The summed E-state index contributed by atoms with van der Waals surface area (Å²) in [6.45, 7) is 4.09. The molecule has 2 rings (SSSR count). The number of aliphatic hydroxyl groups is 1. The van der Waals surface area contributed by atoms with Crippen molar-refractivity contribution in [1.82, 2.24) is 20.2 Å². The molecule has 0 amide bonds. The standard InChI is InChI=1S/C16H24N4OS/c1-3-4-8-11-16(2,21)12-13-22-15-17-18-19-20(15)14-9-6-5-7-10-14/h5-7,9-10,21H,3-4,8,11-13H2,1-2H3. The number of benzene rings is 1. The summed E-state index contributed by atoms with van der Waals surface area (Å²) in [4.78, 5) is 0. The molecule has 1 aromatic carbocycles. The molecule has 1 N–H and O–H groups in total. The van der Waals surface area contributed by atoms with Crippen molar-refractivity contribution >= 4 is 11.8 Å². The SMILES string of the molecule is CCCCCC(C)(O)CCSc1nnnn1-c1ccccc1. The van der Waals surface area contributed by atoms with Crippen molar-refractivity contribution in [1.29, 1.82) is 0 Å². The lowest BCUT2D eigenvalue weighted by molar-refractivity contribution is 0.0455. The summed E-state index contributed by atoms with van der Waals surface area (Å²) in [6, 6.07) is 9.84. The summed E-state index contributed by atoms with van der Waals surface area (Å²) < 4.78 is 1.73. The van der Waals surface area contributed by atoms with Gasteiger partial charge in [0.05, 0.1) is 11.3 Å². The number of unbranched alkanes of at least 4 members (excludes halogenated alkanes) is 2. The number of hydrogen-bond acceptors (Lipinski definition) is 5. The Kier molecular flexibility index (Phi) is 6.39. The topological polar surface area (TPSA) is 63.8 Å². The fourth-order valence-electron chi connectivity index (χ4n) is 2.24. The lowest BCUT2D eigenvalue weighted by Gasteiger charge is -2.22. The van der Waals surface area contributed by atoms with Crippen molar-refractivity contribution in [3.63, 3.8) is 0 Å². The second-order valence-electron chi connectivity index (χ2n) is 5.76. The highest BCUT2D eigenvalue weighted by Crippen LogP contribution is 2.24. The summed E-state index contributed by atoms with van der Waals surface area (Å²) >= 11 is 1.58. The first-order valence-corrected chi connectivity index (χ1v) is 8.80. The zero-order valence-corrected chi connectivity index (χ0v) is 14.1. The molecular weight excluding hydrogens is 296 g/mol. The number of aromatic nitrogens is 4. The van der Waals surface area contributed by atoms with E-state index < -0.39 is 5.60 Å². The number of rotatable bonds is 9. The third-order valence-corrected chi connectivity index (χ3v) is 4.55. The summed E-state index contributed by atoms with van der Waals surface area (Å²) in [7, 11) is 0. The summed E-state index contributed by atoms with van der Waals surface area (Å²) in [5.41, 5.74) is 0.345. The van der Waals surface area contributed by atoms with E-state index in [2.05, 4.69) is 22.4 Å². The predicted molar refractivity (Wildman–Crippen MR) is 89.3 cm³/mol. The zero-order chi connectivity index (χ0) is 15.8. The van der Waals surface area contributed by atoms with E-state index in [1.807, 2.05) is 37.3 Å². The van der Waals surface area contributed by atoms with E-state index in [4.69, 9.17) is 0 Å². The van der Waals surface area contributed by atoms with Crippen LogP contribution >= 0.6 is 11.8 Å². The Balaban J connectivity index is 1.87. The first kappa shape index (κ1) is 17.0. The second kappa shape index (κ2) is 8.29. The first-order chi connectivity index (χ1) is 10.6. The van der Waals surface area contributed by atoms with Crippen LogP contribution in [-0.4, -0.2) is 36.7 Å². The van der Waals surface area contributed by atoms with E-state index in [-0.39, 0.29) is 0 Å². The van der Waals surface area contributed by atoms with Crippen molar-refractivity contribution in [2.75, 3.05) is 5.75 Å². The van der Waals surface area contributed by atoms with Gasteiger partial charge in [-0.25, -0.2) is 0 Å². The Morgan fingerprint density at radius 3 is 2.68 bits per heavy atom. The van der Waals surface area contributed by atoms with Crippen LogP contribution in [0.1, 0.15) is 46.0 Å². The van der Waals surface area contributed by atoms with Gasteiger partial charge in [-0.15, -0.1) is 5.10 Å². The molecule has 2 aromatic rings. The third kappa shape index (κ3) is 5.10. The predicted octanol–water partition coefficient (Wildman–Crippen LogP) is 3.48. The monoisotopic (exact) mass is 320 g/mol. The van der Waals surface area contributed by atoms with Gasteiger partial charge in [0.25, 0.3) is 0 Å². The van der Waals surface area contributed by atoms with E-state index in [9.17, 15) is 5.11 Å². The van der Waals surface area contributed by atoms with Gasteiger partial charge in [0.15, 0.2) is 0 Å². The fourth-order valence-corrected chi connectivity index (χ4v) is 3.33. The molecule has 0 spiro atoms. The van der Waals surface area contributed by atoms with Crippen molar-refractivity contribution in [3.05, 3.63) is 30.3 Å². The van der Waals surface area contributed by atoms with E-state index in [1.165, 1.54) is 12.8 Å². The molecule has 0 fully saturated rings. The number of hydrogen-bond donors (Lipinski definition) is 1. The molecule has 0 radical (unpaired) electrons. The van der Waals surface area contributed by atoms with Crippen molar-refractivity contribution in [2.24, 2.45) is 0 Å². The lowest BCUT2D eigenvalue weighted by Crippen LogP contribution is -2.24. The minimum atomic E-state index is -0.604. The number of para-hydroxylation sites is 1. The van der Waals surface area contributed by atoms with Gasteiger partial charge in [0.1, 0.15) is 0 Å². The Bertz CT molecular complexity index is 556. The maximum atomic E-state index is 10.4. The molecular formula is C16H24N4OS. The van der Waals surface area contributed by atoms with Crippen molar-refractivity contribution < 1.29 is 5.11 Å². The van der Waals surface area contributed by atoms with Crippen molar-refractivity contribution in [2.45, 2.75) is 56.7 Å². The highest BCUT2D eigenvalue weighted by Gasteiger charge is 2.20. The summed E-state index contributed by atoms with van der Waals surface area (Å²) in [5, 5.41) is 23.0. The van der Waals surface area contributed by atoms with Crippen LogP contribution in [0.5, 0.6) is 0 Å². The highest BCUT2D eigenvalue weighted by atomic mass is 32.2. The minimum absolute atomic E-state index is 0.604. The Morgan fingerprint density at radius 2 is 1.95 bits per heavy atom. The molecule has 0 saturated heterocycles. The van der Waals surface area contributed by atoms with Crippen molar-refractivity contribution in [3.8, 4) is 5.69 Å². The Hall–Kier alpha value is -1.40. The quantitative estimate of drug-likeness (QED) is 0.566. The van der Waals surface area contributed by atoms with Crippen LogP contribution in [0.4, 0.5) is 0 Å². The molecule has 1 heterocycles. The molecule has 1 unspecified atom stereocenters. The molecule has 0 bridgehead atoms. The van der Waals surface area contributed by atoms with Gasteiger partial charge in [-0.3, -0.25) is 0 Å². The maximum absolute atomic E-state index is 10.4. The average molecular weight is 320 g/mol. The van der Waals surface area contributed by atoms with Gasteiger partial charge in [0, 0.05) is 5.75 Å². The van der Waals surface area contributed by atoms with Crippen LogP contribution in [0.2, 0.25) is 0 Å². The van der Waals surface area contributed by atoms with Crippen LogP contribution in [-0.2, 0) is 0 Å². The third-order valence-electron chi connectivity index (χ3n) is 3.63. The van der Waals surface area contributed by atoms with Crippen LogP contribution in [0.3, 0.4) is 0 Å². The molecule has 0 aliphatic heterocycles. The van der Waals surface area contributed by atoms with Gasteiger partial charge in [-0.1, -0.05) is 56.1 Å². The Morgan fingerprint density at radius 1 is 1.18 bits per heavy atom. The van der Waals surface area contributed by atoms with Gasteiger partial charge < -0.3 is 5.11 Å². The van der Waals surface area contributed by atoms with E-state index >= 15 is 0 Å². The van der Waals surface area contributed by atoms with E-state index in [1.54, 1.807) is 16.4 Å². The van der Waals surface area contributed by atoms with Gasteiger partial charge in [-0.2, -0.15) is 4.68 Å². The molecule has 0 aliphatic rings. The number of nitrogens with zero attached hydrogens (tertiary/aromatic N) is 4. The van der Waals surface area contributed by atoms with Crippen LogP contribution in [0, 0.1) is 0 Å². The van der Waals surface area contributed by atoms with Gasteiger partial charge in [0.2, 0.25) is 5.16 Å². The largest absolute Gasteiger partial charge is 0.390 e. The molecule has 22 heavy (non-hydrogen) atoms. The molecule has 0 saturated carbocycles. The van der Waals surface area contributed by atoms with Gasteiger partial charge in [-0.05, 0) is 42.3 Å². The summed E-state index contributed by atoms with van der Waals surface area (Å²) in [6.07, 6.45) is 5.02. The highest BCUT2D eigenvalue weighted by molar-refractivity contribution is 7.99. The normalized spacial score (nSPS) is 14.0. The van der Waals surface area contributed by atoms with Crippen LogP contribution in [0.15, 0.2) is 35.5 Å². The molecule has 5 nitrogen and oxygen atoms in total. The average Bonchev–Trinajstić information content (AvgIpc) is 2.96.